The van der Waals surface area contributed by atoms with Gasteiger partial charge in [0.15, 0.2) is 0 Å². The van der Waals surface area contributed by atoms with Crippen LogP contribution in [0.25, 0.3) is 11.4 Å². The third-order valence-corrected chi connectivity index (χ3v) is 5.55. The molecule has 1 fully saturated rings. The minimum Gasteiger partial charge on any atom is -0.349 e. The van der Waals surface area contributed by atoms with Crippen molar-refractivity contribution in [2.45, 2.75) is 51.0 Å². The molecule has 0 aliphatic heterocycles. The number of rotatable bonds is 7. The molecule has 0 bridgehead atoms. The van der Waals surface area contributed by atoms with E-state index in [2.05, 4.69) is 32.6 Å². The maximum Gasteiger partial charge on any atom is 0.227 e. The third kappa shape index (κ3) is 5.08. The summed E-state index contributed by atoms with van der Waals surface area (Å²) < 4.78 is 5.31. The van der Waals surface area contributed by atoms with Crippen LogP contribution in [0.1, 0.15) is 56.0 Å². The van der Waals surface area contributed by atoms with E-state index in [-0.39, 0.29) is 11.9 Å². The topological polar surface area (TPSA) is 80.9 Å². The van der Waals surface area contributed by atoms with Gasteiger partial charge in [0.1, 0.15) is 0 Å². The summed E-state index contributed by atoms with van der Waals surface area (Å²) in [6.45, 7) is 0. The molecule has 0 spiro atoms. The van der Waals surface area contributed by atoms with E-state index in [1.807, 2.05) is 30.3 Å². The second-order valence-corrected chi connectivity index (χ2v) is 7.61. The zero-order valence-corrected chi connectivity index (χ0v) is 16.5. The van der Waals surface area contributed by atoms with Crippen molar-refractivity contribution in [3.05, 3.63) is 66.3 Å². The number of nitrogens with one attached hydrogen (secondary N) is 1. The lowest BCUT2D eigenvalue weighted by atomic mass is 9.81. The highest BCUT2D eigenvalue weighted by molar-refractivity contribution is 5.76. The van der Waals surface area contributed by atoms with Crippen LogP contribution in [0.15, 0.2) is 59.4 Å². The molecule has 1 amide bonds. The summed E-state index contributed by atoms with van der Waals surface area (Å²) in [4.78, 5) is 21.2. The molecule has 1 atom stereocenters. The fourth-order valence-corrected chi connectivity index (χ4v) is 4.04. The first-order valence-electron chi connectivity index (χ1n) is 10.4. The molecule has 6 heteroatoms. The van der Waals surface area contributed by atoms with Crippen LogP contribution in [-0.2, 0) is 11.2 Å². The Balaban J connectivity index is 1.37. The van der Waals surface area contributed by atoms with Crippen LogP contribution in [0.2, 0.25) is 0 Å². The van der Waals surface area contributed by atoms with E-state index < -0.39 is 0 Å². The van der Waals surface area contributed by atoms with E-state index >= 15 is 0 Å². The summed E-state index contributed by atoms with van der Waals surface area (Å²) in [5.41, 5.74) is 1.98. The zero-order valence-electron chi connectivity index (χ0n) is 16.5. The molecule has 150 valence electrons. The Morgan fingerprint density at radius 1 is 1.10 bits per heavy atom. The lowest BCUT2D eigenvalue weighted by Crippen LogP contribution is -2.34. The molecule has 1 aliphatic carbocycles. The van der Waals surface area contributed by atoms with Crippen LogP contribution in [0.4, 0.5) is 0 Å². The minimum atomic E-state index is 0.0190. The van der Waals surface area contributed by atoms with Gasteiger partial charge in [-0.15, -0.1) is 0 Å². The van der Waals surface area contributed by atoms with Crippen LogP contribution >= 0.6 is 0 Å². The lowest BCUT2D eigenvalue weighted by Gasteiger charge is -2.31. The van der Waals surface area contributed by atoms with Crippen LogP contribution < -0.4 is 5.32 Å². The Labute approximate surface area is 170 Å². The maximum absolute atomic E-state index is 12.7. The number of nitrogens with zero attached hydrogens (tertiary/aromatic N) is 3. The molecule has 1 aliphatic rings. The Morgan fingerprint density at radius 2 is 1.93 bits per heavy atom. The largest absolute Gasteiger partial charge is 0.349 e. The maximum atomic E-state index is 12.7. The van der Waals surface area contributed by atoms with Gasteiger partial charge in [0.2, 0.25) is 17.6 Å². The number of aromatic nitrogens is 3. The van der Waals surface area contributed by atoms with Gasteiger partial charge in [-0.25, -0.2) is 0 Å². The molecule has 1 aromatic carbocycles. The average Bonchev–Trinajstić information content (AvgIpc) is 3.27. The summed E-state index contributed by atoms with van der Waals surface area (Å²) in [6.07, 6.45) is 10.2. The van der Waals surface area contributed by atoms with Crippen molar-refractivity contribution >= 4 is 5.91 Å². The molecular formula is C23H26N4O2. The molecule has 1 unspecified atom stereocenters. The van der Waals surface area contributed by atoms with Gasteiger partial charge in [-0.1, -0.05) is 54.8 Å². The van der Waals surface area contributed by atoms with E-state index in [0.717, 1.165) is 18.4 Å². The highest BCUT2D eigenvalue weighted by Crippen LogP contribution is 2.34. The molecule has 0 saturated heterocycles. The summed E-state index contributed by atoms with van der Waals surface area (Å²) in [7, 11) is 0. The first-order valence-corrected chi connectivity index (χ1v) is 10.4. The van der Waals surface area contributed by atoms with Gasteiger partial charge >= 0.3 is 0 Å². The van der Waals surface area contributed by atoms with Crippen molar-refractivity contribution < 1.29 is 9.32 Å². The number of benzene rings is 1. The average molecular weight is 390 g/mol. The quantitative estimate of drug-likeness (QED) is 0.642. The molecule has 0 radical (unpaired) electrons. The fourth-order valence-electron chi connectivity index (χ4n) is 4.04. The number of hydrogen-bond acceptors (Lipinski definition) is 5. The van der Waals surface area contributed by atoms with Crippen molar-refractivity contribution in [2.75, 3.05) is 0 Å². The predicted octanol–water partition coefficient (Wildman–Crippen LogP) is 4.50. The summed E-state index contributed by atoms with van der Waals surface area (Å²) >= 11 is 0. The van der Waals surface area contributed by atoms with Gasteiger partial charge in [-0.3, -0.25) is 9.78 Å². The molecular weight excluding hydrogens is 364 g/mol. The molecule has 4 rings (SSSR count). The number of aryl methyl sites for hydroxylation is 1. The van der Waals surface area contributed by atoms with Crippen LogP contribution in [0.5, 0.6) is 0 Å². The van der Waals surface area contributed by atoms with Crippen LogP contribution in [0, 0.1) is 5.92 Å². The van der Waals surface area contributed by atoms with Gasteiger partial charge < -0.3 is 9.84 Å². The Morgan fingerprint density at radius 3 is 2.69 bits per heavy atom. The fraction of sp³-hybridized carbons (Fsp3) is 0.391. The van der Waals surface area contributed by atoms with E-state index in [1.165, 1.54) is 24.8 Å². The molecule has 29 heavy (non-hydrogen) atoms. The van der Waals surface area contributed by atoms with Gasteiger partial charge in [-0.05, 0) is 36.5 Å². The third-order valence-electron chi connectivity index (χ3n) is 5.55. The number of amides is 1. The van der Waals surface area contributed by atoms with E-state index in [0.29, 0.717) is 30.5 Å². The van der Waals surface area contributed by atoms with E-state index in [9.17, 15) is 4.79 Å². The molecule has 6 nitrogen and oxygen atoms in total. The Bertz CT molecular complexity index is 905. The highest BCUT2D eigenvalue weighted by Gasteiger charge is 2.26. The van der Waals surface area contributed by atoms with Crippen molar-refractivity contribution in [2.24, 2.45) is 5.92 Å². The van der Waals surface area contributed by atoms with Crippen molar-refractivity contribution in [3.8, 4) is 11.4 Å². The molecule has 1 N–H and O–H groups in total. The van der Waals surface area contributed by atoms with Gasteiger partial charge in [0.05, 0.1) is 6.04 Å². The number of carbonyl (C=O) groups is 1. The summed E-state index contributed by atoms with van der Waals surface area (Å²) in [5.74, 6) is 1.48. The predicted molar refractivity (Wildman–Crippen MR) is 110 cm³/mol. The van der Waals surface area contributed by atoms with E-state index in [1.54, 1.807) is 12.4 Å². The van der Waals surface area contributed by atoms with Gasteiger partial charge in [-0.2, -0.15) is 4.98 Å². The molecule has 2 aromatic heterocycles. The smallest absolute Gasteiger partial charge is 0.227 e. The van der Waals surface area contributed by atoms with Crippen LogP contribution in [0.3, 0.4) is 0 Å². The van der Waals surface area contributed by atoms with Gasteiger partial charge in [0.25, 0.3) is 0 Å². The summed E-state index contributed by atoms with van der Waals surface area (Å²) in [6, 6.07) is 14.1. The first kappa shape index (κ1) is 19.3. The Hall–Kier alpha value is -3.02. The first-order chi connectivity index (χ1) is 14.3. The zero-order chi connectivity index (χ0) is 19.9. The standard InChI is InChI=1S/C23H26N4O2/c28-20(13-14-21-26-23(27-29-21)19-12-7-15-24-16-19)25-22(17-8-3-1-4-9-17)18-10-5-2-6-11-18/h1,3-4,7-9,12,15-16,18,22H,2,5-6,10-11,13-14H2,(H,25,28). The second-order valence-electron chi connectivity index (χ2n) is 7.61. The highest BCUT2D eigenvalue weighted by atomic mass is 16.5. The van der Waals surface area contributed by atoms with Crippen molar-refractivity contribution in [1.29, 1.82) is 0 Å². The molecule has 1 saturated carbocycles. The van der Waals surface area contributed by atoms with E-state index in [4.69, 9.17) is 4.52 Å². The summed E-state index contributed by atoms with van der Waals surface area (Å²) in [5, 5.41) is 7.26. The number of pyridine rings is 1. The SMILES string of the molecule is O=C(CCc1nc(-c2cccnc2)no1)NC(c1ccccc1)C1CCCCC1. The number of hydrogen-bond donors (Lipinski definition) is 1. The van der Waals surface area contributed by atoms with Crippen molar-refractivity contribution in [3.63, 3.8) is 0 Å². The van der Waals surface area contributed by atoms with Gasteiger partial charge in [0, 0.05) is 30.8 Å². The molecule has 3 aromatic rings. The lowest BCUT2D eigenvalue weighted by molar-refractivity contribution is -0.122. The Kier molecular flexibility index (Phi) is 6.29. The molecule has 2 heterocycles. The minimum absolute atomic E-state index is 0.0190. The monoisotopic (exact) mass is 390 g/mol. The second kappa shape index (κ2) is 9.45. The van der Waals surface area contributed by atoms with Crippen LogP contribution in [-0.4, -0.2) is 21.0 Å². The number of carbonyl (C=O) groups excluding carboxylic acids is 1. The van der Waals surface area contributed by atoms with Crippen molar-refractivity contribution in [1.82, 2.24) is 20.4 Å². The normalized spacial score (nSPS) is 15.7.